The first-order chi connectivity index (χ1) is 18.3. The van der Waals surface area contributed by atoms with Gasteiger partial charge in [-0.15, -0.1) is 10.1 Å². The van der Waals surface area contributed by atoms with Crippen LogP contribution < -0.4 is 10.7 Å². The second kappa shape index (κ2) is 18.9. The normalized spacial score (nSPS) is 16.4. The maximum Gasteiger partial charge on any atom is 0.328 e. The average Bonchev–Trinajstić information content (AvgIpc) is 2.93. The van der Waals surface area contributed by atoms with Crippen molar-refractivity contribution in [3.05, 3.63) is 46.0 Å². The van der Waals surface area contributed by atoms with Crippen LogP contribution >= 0.6 is 0 Å². The highest BCUT2D eigenvalue weighted by Gasteiger charge is 2.37. The molecular formula is C26H42N4O8. The van der Waals surface area contributed by atoms with Crippen LogP contribution in [0.25, 0.3) is 0 Å². The number of ether oxygens (including phenoxy) is 1. The fourth-order valence-electron chi connectivity index (χ4n) is 4.02. The molecule has 0 aromatic heterocycles. The van der Waals surface area contributed by atoms with E-state index in [0.717, 1.165) is 5.56 Å². The number of carboxylic acid groups (broad SMARTS) is 1. The topological polar surface area (TPSA) is 160 Å². The molecule has 1 aliphatic rings. The van der Waals surface area contributed by atoms with Gasteiger partial charge in [0.05, 0.1) is 19.3 Å². The number of unbranched alkanes of at least 4 members (excludes halogenated alkanes) is 1. The van der Waals surface area contributed by atoms with Crippen molar-refractivity contribution in [1.82, 2.24) is 15.8 Å². The summed E-state index contributed by atoms with van der Waals surface area (Å²) >= 11 is 0. The molecular weight excluding hydrogens is 496 g/mol. The smallest absolute Gasteiger partial charge is 0.328 e. The third kappa shape index (κ3) is 11.9. The molecule has 1 fully saturated rings. The number of carboxylic acids is 1. The molecule has 12 nitrogen and oxygen atoms in total. The summed E-state index contributed by atoms with van der Waals surface area (Å²) in [5.74, 6) is -2.03. The van der Waals surface area contributed by atoms with Gasteiger partial charge in [0.1, 0.15) is 12.1 Å². The Morgan fingerprint density at radius 3 is 2.47 bits per heavy atom. The third-order valence-electron chi connectivity index (χ3n) is 5.88. The quantitative estimate of drug-likeness (QED) is 0.124. The van der Waals surface area contributed by atoms with E-state index in [0.29, 0.717) is 57.9 Å². The molecule has 1 aromatic carbocycles. The first-order valence-corrected chi connectivity index (χ1v) is 13.4. The van der Waals surface area contributed by atoms with E-state index in [2.05, 4.69) is 15.6 Å². The number of nitrogens with zero attached hydrogens (tertiary/aromatic N) is 2. The Morgan fingerprint density at radius 2 is 1.84 bits per heavy atom. The number of hydrogen-bond donors (Lipinski definition) is 3. The highest BCUT2D eigenvalue weighted by Crippen LogP contribution is 2.15. The number of aryl methyl sites for hydroxylation is 1. The van der Waals surface area contributed by atoms with Gasteiger partial charge >= 0.3 is 11.9 Å². The van der Waals surface area contributed by atoms with Gasteiger partial charge in [-0.1, -0.05) is 57.5 Å². The van der Waals surface area contributed by atoms with Gasteiger partial charge in [0.25, 0.3) is 11.0 Å². The van der Waals surface area contributed by atoms with Gasteiger partial charge in [-0.3, -0.25) is 19.9 Å². The molecule has 12 heteroatoms. The van der Waals surface area contributed by atoms with Crippen LogP contribution in [0.1, 0.15) is 71.3 Å². The monoisotopic (exact) mass is 538 g/mol. The van der Waals surface area contributed by atoms with E-state index in [1.54, 1.807) is 0 Å². The molecule has 1 saturated heterocycles. The van der Waals surface area contributed by atoms with Crippen molar-refractivity contribution in [3.63, 3.8) is 0 Å². The molecule has 1 aliphatic heterocycles. The summed E-state index contributed by atoms with van der Waals surface area (Å²) in [6.45, 7) is 6.38. The van der Waals surface area contributed by atoms with E-state index >= 15 is 0 Å². The Morgan fingerprint density at radius 1 is 1.16 bits per heavy atom. The van der Waals surface area contributed by atoms with Gasteiger partial charge in [0, 0.05) is 6.54 Å². The van der Waals surface area contributed by atoms with Crippen LogP contribution in [-0.2, 0) is 30.4 Å². The lowest BCUT2D eigenvalue weighted by Gasteiger charge is -2.36. The van der Waals surface area contributed by atoms with Gasteiger partial charge in [-0.25, -0.2) is 10.2 Å². The Bertz CT molecular complexity index is 855. The Balaban J connectivity index is 0.00000352. The molecule has 1 heterocycles. The SMILES string of the molecule is CC.CCCC(NC(CCc1ccccc1)C(=O)OCCCCO[N+](=O)[O-])C(=O)N1NCCCC1C(=O)O. The van der Waals surface area contributed by atoms with Crippen LogP contribution in [0, 0.1) is 10.1 Å². The molecule has 0 aliphatic carbocycles. The molecule has 2 rings (SSSR count). The van der Waals surface area contributed by atoms with E-state index in [1.807, 2.05) is 51.1 Å². The molecule has 0 spiro atoms. The lowest BCUT2D eigenvalue weighted by molar-refractivity contribution is -0.757. The Labute approximate surface area is 224 Å². The molecule has 38 heavy (non-hydrogen) atoms. The highest BCUT2D eigenvalue weighted by molar-refractivity contribution is 5.87. The fourth-order valence-corrected chi connectivity index (χ4v) is 4.02. The Kier molecular flexibility index (Phi) is 16.3. The van der Waals surface area contributed by atoms with Crippen LogP contribution in [0.4, 0.5) is 0 Å². The summed E-state index contributed by atoms with van der Waals surface area (Å²) in [6, 6.07) is 7.06. The van der Waals surface area contributed by atoms with Crippen LogP contribution in [-0.4, -0.2) is 70.9 Å². The first-order valence-electron chi connectivity index (χ1n) is 13.4. The maximum absolute atomic E-state index is 13.3. The number of amides is 1. The minimum Gasteiger partial charge on any atom is -0.480 e. The summed E-state index contributed by atoms with van der Waals surface area (Å²) in [5.41, 5.74) is 3.92. The van der Waals surface area contributed by atoms with Crippen molar-refractivity contribution in [1.29, 1.82) is 0 Å². The third-order valence-corrected chi connectivity index (χ3v) is 5.88. The molecule has 3 atom stereocenters. The van der Waals surface area contributed by atoms with E-state index in [4.69, 9.17) is 4.74 Å². The van der Waals surface area contributed by atoms with Crippen molar-refractivity contribution >= 4 is 17.8 Å². The van der Waals surface area contributed by atoms with Gasteiger partial charge < -0.3 is 14.7 Å². The average molecular weight is 539 g/mol. The lowest BCUT2D eigenvalue weighted by atomic mass is 10.0. The molecule has 1 amide bonds. The standard InChI is InChI=1S/C24H36N4O8.C2H6/c1-2-9-19(22(29)27-21(23(30)31)12-8-15-25-27)26-20(14-13-18-10-4-3-5-11-18)24(32)35-16-6-7-17-36-28(33)34;1-2/h3-5,10-11,19-21,25-26H,2,6-9,12-17H2,1H3,(H,30,31);1-2H3. The van der Waals surface area contributed by atoms with E-state index in [-0.39, 0.29) is 13.2 Å². The second-order valence-electron chi connectivity index (χ2n) is 8.63. The molecule has 214 valence electrons. The molecule has 0 saturated carbocycles. The number of benzene rings is 1. The number of hydrazine groups is 1. The van der Waals surface area contributed by atoms with Crippen LogP contribution in [0.15, 0.2) is 30.3 Å². The van der Waals surface area contributed by atoms with Gasteiger partial charge in [0.2, 0.25) is 0 Å². The fraction of sp³-hybridized carbons (Fsp3) is 0.654. The number of hydrogen-bond acceptors (Lipinski definition) is 9. The highest BCUT2D eigenvalue weighted by atomic mass is 16.9. The minimum absolute atomic E-state index is 0.0601. The van der Waals surface area contributed by atoms with Crippen molar-refractivity contribution < 1.29 is 34.2 Å². The Hall–Kier alpha value is -3.25. The molecule has 3 N–H and O–H groups in total. The zero-order valence-electron chi connectivity index (χ0n) is 22.6. The minimum atomic E-state index is -1.08. The number of carbonyl (C=O) groups excluding carboxylic acids is 2. The summed E-state index contributed by atoms with van der Waals surface area (Å²) in [5, 5.41) is 23.2. The second-order valence-corrected chi connectivity index (χ2v) is 8.63. The summed E-state index contributed by atoms with van der Waals surface area (Å²) < 4.78 is 5.40. The predicted octanol–water partition coefficient (Wildman–Crippen LogP) is 2.88. The van der Waals surface area contributed by atoms with Crippen molar-refractivity contribution in [2.75, 3.05) is 19.8 Å². The molecule has 1 aromatic rings. The summed E-state index contributed by atoms with van der Waals surface area (Å²) in [6.07, 6.45) is 3.74. The zero-order chi connectivity index (χ0) is 28.3. The van der Waals surface area contributed by atoms with Gasteiger partial charge in [-0.2, -0.15) is 0 Å². The van der Waals surface area contributed by atoms with Crippen molar-refractivity contribution in [3.8, 4) is 0 Å². The molecule has 3 unspecified atom stereocenters. The van der Waals surface area contributed by atoms with E-state index < -0.39 is 41.1 Å². The predicted molar refractivity (Wildman–Crippen MR) is 140 cm³/mol. The van der Waals surface area contributed by atoms with Gasteiger partial charge in [0.15, 0.2) is 0 Å². The van der Waals surface area contributed by atoms with Gasteiger partial charge in [-0.05, 0) is 50.5 Å². The molecule has 0 radical (unpaired) electrons. The largest absolute Gasteiger partial charge is 0.480 e. The van der Waals surface area contributed by atoms with E-state index in [9.17, 15) is 29.6 Å². The number of nitrogens with one attached hydrogen (secondary N) is 2. The summed E-state index contributed by atoms with van der Waals surface area (Å²) in [7, 11) is 0. The van der Waals surface area contributed by atoms with Crippen LogP contribution in [0.3, 0.4) is 0 Å². The zero-order valence-corrected chi connectivity index (χ0v) is 22.6. The number of carbonyl (C=O) groups is 3. The van der Waals surface area contributed by atoms with Crippen molar-refractivity contribution in [2.24, 2.45) is 0 Å². The van der Waals surface area contributed by atoms with Crippen LogP contribution in [0.2, 0.25) is 0 Å². The first kappa shape index (κ1) is 32.8. The number of esters is 1. The number of rotatable bonds is 16. The maximum atomic E-state index is 13.3. The van der Waals surface area contributed by atoms with Crippen LogP contribution in [0.5, 0.6) is 0 Å². The van der Waals surface area contributed by atoms with E-state index in [1.165, 1.54) is 5.01 Å². The lowest BCUT2D eigenvalue weighted by Crippen LogP contribution is -2.62. The molecule has 0 bridgehead atoms. The summed E-state index contributed by atoms with van der Waals surface area (Å²) in [4.78, 5) is 52.5. The number of aliphatic carboxylic acids is 1. The van der Waals surface area contributed by atoms with Crippen molar-refractivity contribution in [2.45, 2.75) is 90.3 Å².